The average molecular weight is 623 g/mol. The summed E-state index contributed by atoms with van der Waals surface area (Å²) < 4.78 is 44.0. The highest BCUT2D eigenvalue weighted by Crippen LogP contribution is 2.36. The van der Waals surface area contributed by atoms with Crippen LogP contribution in [-0.4, -0.2) is 41.0 Å². The average Bonchev–Trinajstić information content (AvgIpc) is 3.58. The van der Waals surface area contributed by atoms with Crippen molar-refractivity contribution in [2.45, 2.75) is 59.3 Å². The lowest BCUT2D eigenvalue weighted by atomic mass is 9.97. The summed E-state index contributed by atoms with van der Waals surface area (Å²) in [6.45, 7) is 7.86. The van der Waals surface area contributed by atoms with Gasteiger partial charge in [-0.05, 0) is 68.5 Å². The van der Waals surface area contributed by atoms with E-state index in [-0.39, 0.29) is 30.0 Å². The van der Waals surface area contributed by atoms with Crippen LogP contribution in [0.3, 0.4) is 0 Å². The fourth-order valence-corrected chi connectivity index (χ4v) is 6.18. The fourth-order valence-electron chi connectivity index (χ4n) is 5.95. The molecule has 1 atom stereocenters. The summed E-state index contributed by atoms with van der Waals surface area (Å²) in [4.78, 5) is 36.8. The zero-order chi connectivity index (χ0) is 31.5. The number of hydrogen-bond acceptors (Lipinski definition) is 4. The van der Waals surface area contributed by atoms with Crippen LogP contribution in [0.2, 0.25) is 5.02 Å². The number of imidazole rings is 1. The van der Waals surface area contributed by atoms with Gasteiger partial charge in [0.1, 0.15) is 5.65 Å². The predicted molar refractivity (Wildman–Crippen MR) is 161 cm³/mol. The maximum Gasteiger partial charge on any atom is 0.417 e. The van der Waals surface area contributed by atoms with Crippen LogP contribution in [0.4, 0.5) is 13.2 Å². The van der Waals surface area contributed by atoms with Crippen molar-refractivity contribution in [3.8, 4) is 16.9 Å². The molecule has 8 nitrogen and oxygen atoms in total. The van der Waals surface area contributed by atoms with E-state index in [0.717, 1.165) is 34.6 Å². The van der Waals surface area contributed by atoms with Gasteiger partial charge in [-0.3, -0.25) is 14.2 Å². The van der Waals surface area contributed by atoms with Crippen molar-refractivity contribution >= 4 is 23.2 Å². The number of aromatic amines is 1. The molecule has 0 spiro atoms. The van der Waals surface area contributed by atoms with Gasteiger partial charge in [-0.2, -0.15) is 18.3 Å². The third kappa shape index (κ3) is 5.08. The van der Waals surface area contributed by atoms with Gasteiger partial charge in [0.25, 0.3) is 11.5 Å². The molecule has 0 bridgehead atoms. The van der Waals surface area contributed by atoms with Crippen molar-refractivity contribution in [1.82, 2.24) is 29.0 Å². The van der Waals surface area contributed by atoms with E-state index in [4.69, 9.17) is 11.6 Å². The van der Waals surface area contributed by atoms with Gasteiger partial charge in [0, 0.05) is 22.7 Å². The molecule has 4 heterocycles. The standard InChI is InChI=1S/C32H30ClF3N6O2/c1-17(2)11-22-14-39-42-27-15-40(30(43)21-7-10-26(33)25(13-21)32(34,35)36)18(3)12-24(27)31(44)41(29(22)42)23-8-5-20(6-9-23)28-19(4)37-16-38-28/h5-10,13-14,16-18H,11-12,15H2,1-4H3,(H,37,38). The minimum absolute atomic E-state index is 0.00667. The number of fused-ring (bicyclic) bond motifs is 3. The monoisotopic (exact) mass is 622 g/mol. The Labute approximate surface area is 256 Å². The molecule has 1 N–H and O–H groups in total. The highest BCUT2D eigenvalue weighted by atomic mass is 35.5. The zero-order valence-electron chi connectivity index (χ0n) is 24.5. The molecule has 0 saturated carbocycles. The van der Waals surface area contributed by atoms with Crippen molar-refractivity contribution < 1.29 is 18.0 Å². The number of rotatable bonds is 5. The highest BCUT2D eigenvalue weighted by molar-refractivity contribution is 6.31. The van der Waals surface area contributed by atoms with E-state index >= 15 is 0 Å². The van der Waals surface area contributed by atoms with E-state index in [2.05, 4.69) is 28.9 Å². The Morgan fingerprint density at radius 1 is 1.16 bits per heavy atom. The minimum atomic E-state index is -4.71. The summed E-state index contributed by atoms with van der Waals surface area (Å²) in [5, 5.41) is 4.19. The lowest BCUT2D eigenvalue weighted by Crippen LogP contribution is -2.46. The summed E-state index contributed by atoms with van der Waals surface area (Å²) in [6.07, 6.45) is -0.454. The molecule has 44 heavy (non-hydrogen) atoms. The molecule has 0 fully saturated rings. The van der Waals surface area contributed by atoms with Crippen LogP contribution in [0.15, 0.2) is 59.8 Å². The van der Waals surface area contributed by atoms with Crippen molar-refractivity contribution in [3.05, 3.63) is 104 Å². The number of halogens is 4. The lowest BCUT2D eigenvalue weighted by Gasteiger charge is -2.35. The van der Waals surface area contributed by atoms with Crippen LogP contribution >= 0.6 is 11.6 Å². The molecule has 1 aliphatic heterocycles. The quantitative estimate of drug-likeness (QED) is 0.238. The third-order valence-electron chi connectivity index (χ3n) is 8.10. The number of benzene rings is 2. The van der Waals surface area contributed by atoms with Gasteiger partial charge >= 0.3 is 6.18 Å². The van der Waals surface area contributed by atoms with Crippen molar-refractivity contribution in [3.63, 3.8) is 0 Å². The highest BCUT2D eigenvalue weighted by Gasteiger charge is 2.36. The largest absolute Gasteiger partial charge is 0.417 e. The number of aryl methyl sites for hydroxylation is 1. The van der Waals surface area contributed by atoms with Crippen molar-refractivity contribution in [2.24, 2.45) is 5.92 Å². The molecule has 228 valence electrons. The van der Waals surface area contributed by atoms with Gasteiger partial charge < -0.3 is 9.88 Å². The molecular weight excluding hydrogens is 593 g/mol. The van der Waals surface area contributed by atoms with Crippen molar-refractivity contribution in [1.29, 1.82) is 0 Å². The molecule has 0 radical (unpaired) electrons. The van der Waals surface area contributed by atoms with Gasteiger partial charge in [0.2, 0.25) is 0 Å². The molecule has 1 aliphatic rings. The Morgan fingerprint density at radius 3 is 2.52 bits per heavy atom. The number of hydrogen-bond donors (Lipinski definition) is 1. The first-order valence-electron chi connectivity index (χ1n) is 14.3. The molecule has 12 heteroatoms. The number of nitrogens with one attached hydrogen (secondary N) is 1. The Morgan fingerprint density at radius 2 is 1.89 bits per heavy atom. The summed E-state index contributed by atoms with van der Waals surface area (Å²) in [7, 11) is 0. The molecule has 5 aromatic rings. The first-order valence-corrected chi connectivity index (χ1v) is 14.6. The Kier molecular flexibility index (Phi) is 7.39. The molecular formula is C32H30ClF3N6O2. The molecule has 0 aliphatic carbocycles. The summed E-state index contributed by atoms with van der Waals surface area (Å²) in [6, 6.07) is 10.3. The van der Waals surface area contributed by atoms with Gasteiger partial charge in [-0.25, -0.2) is 9.50 Å². The normalized spacial score (nSPS) is 15.3. The number of carbonyl (C=O) groups excluding carboxylic acids is 1. The SMILES string of the molecule is Cc1nc[nH]c1-c1ccc(-n2c(=O)c3c(n4ncc(CC(C)C)c24)CN(C(=O)c2ccc(Cl)c(C(F)(F)F)c2)C(C)C3)cc1. The molecule has 2 aromatic carbocycles. The first kappa shape index (κ1) is 29.7. The minimum Gasteiger partial charge on any atom is -0.344 e. The molecule has 1 amide bonds. The second-order valence-corrected chi connectivity index (χ2v) is 12.1. The second-order valence-electron chi connectivity index (χ2n) is 11.7. The van der Waals surface area contributed by atoms with Crippen LogP contribution in [0.5, 0.6) is 0 Å². The molecule has 0 saturated heterocycles. The summed E-state index contributed by atoms with van der Waals surface area (Å²) >= 11 is 5.80. The smallest absolute Gasteiger partial charge is 0.344 e. The van der Waals surface area contributed by atoms with Crippen LogP contribution in [0.1, 0.15) is 59.2 Å². The Hall–Kier alpha value is -4.38. The fraction of sp³-hybridized carbons (Fsp3) is 0.312. The maximum atomic E-state index is 14.3. The summed E-state index contributed by atoms with van der Waals surface area (Å²) in [5.41, 5.74) is 4.46. The van der Waals surface area contributed by atoms with Crippen LogP contribution in [-0.2, 0) is 25.6 Å². The van der Waals surface area contributed by atoms with E-state index in [1.165, 1.54) is 11.0 Å². The van der Waals surface area contributed by atoms with Crippen LogP contribution < -0.4 is 5.56 Å². The summed E-state index contributed by atoms with van der Waals surface area (Å²) in [5.74, 6) is -0.305. The Balaban J connectivity index is 1.46. The van der Waals surface area contributed by atoms with E-state index in [9.17, 15) is 22.8 Å². The zero-order valence-corrected chi connectivity index (χ0v) is 25.3. The molecule has 3 aromatic heterocycles. The molecule has 6 rings (SSSR count). The van der Waals surface area contributed by atoms with E-state index in [1.807, 2.05) is 31.2 Å². The van der Waals surface area contributed by atoms with Gasteiger partial charge in [0.05, 0.1) is 52.4 Å². The predicted octanol–water partition coefficient (Wildman–Crippen LogP) is 6.64. The first-order chi connectivity index (χ1) is 20.8. The van der Waals surface area contributed by atoms with E-state index < -0.39 is 28.7 Å². The van der Waals surface area contributed by atoms with Gasteiger partial charge in [-0.15, -0.1) is 0 Å². The number of alkyl halides is 3. The molecule has 1 unspecified atom stereocenters. The number of H-pyrrole nitrogens is 1. The van der Waals surface area contributed by atoms with E-state index in [1.54, 1.807) is 28.5 Å². The number of nitrogens with zero attached hydrogens (tertiary/aromatic N) is 5. The van der Waals surface area contributed by atoms with Crippen LogP contribution in [0.25, 0.3) is 22.6 Å². The second kappa shape index (κ2) is 11.0. The van der Waals surface area contributed by atoms with Gasteiger partial charge in [-0.1, -0.05) is 37.6 Å². The van der Waals surface area contributed by atoms with Gasteiger partial charge in [0.15, 0.2) is 0 Å². The number of carbonyl (C=O) groups is 1. The van der Waals surface area contributed by atoms with Crippen LogP contribution in [0, 0.1) is 12.8 Å². The lowest BCUT2D eigenvalue weighted by molar-refractivity contribution is -0.137. The maximum absolute atomic E-state index is 14.3. The number of aromatic nitrogens is 5. The third-order valence-corrected chi connectivity index (χ3v) is 8.43. The Bertz CT molecular complexity index is 1960. The van der Waals surface area contributed by atoms with E-state index in [0.29, 0.717) is 29.0 Å². The van der Waals surface area contributed by atoms with Crippen molar-refractivity contribution in [2.75, 3.05) is 0 Å². The topological polar surface area (TPSA) is 88.3 Å². The number of amides is 1.